The number of aromatic nitrogens is 2. The molecule has 1 aliphatic carbocycles. The third kappa shape index (κ3) is 2.22. The summed E-state index contributed by atoms with van der Waals surface area (Å²) in [5, 5.41) is 24.8. The lowest BCUT2D eigenvalue weighted by Crippen LogP contribution is -2.37. The second kappa shape index (κ2) is 5.38. The number of fused-ring (bicyclic) bond motifs is 1. The molecule has 23 heavy (non-hydrogen) atoms. The van der Waals surface area contributed by atoms with Crippen molar-refractivity contribution in [3.63, 3.8) is 0 Å². The second-order valence-corrected chi connectivity index (χ2v) is 5.27. The first-order chi connectivity index (χ1) is 11.0. The van der Waals surface area contributed by atoms with E-state index in [2.05, 4.69) is 19.9 Å². The molecule has 1 saturated carbocycles. The summed E-state index contributed by atoms with van der Waals surface area (Å²) in [5.74, 6) is -5.04. The van der Waals surface area contributed by atoms with Gasteiger partial charge in [-0.25, -0.2) is 14.3 Å². The molecule has 0 bridgehead atoms. The largest absolute Gasteiger partial charge is 0.493 e. The number of methoxy groups -OCH3 is 1. The highest BCUT2D eigenvalue weighted by molar-refractivity contribution is 6.38. The van der Waals surface area contributed by atoms with Gasteiger partial charge < -0.3 is 9.84 Å². The number of Topliss-reactive ketones (excluding diaryl/α,β-unsaturated/α-hetero) is 2. The predicted molar refractivity (Wildman–Crippen MR) is 73.6 cm³/mol. The highest BCUT2D eigenvalue weighted by Gasteiger charge is 2.42. The Balaban J connectivity index is 1.92. The van der Waals surface area contributed by atoms with E-state index in [9.17, 15) is 19.5 Å². The Morgan fingerprint density at radius 2 is 2.09 bits per heavy atom. The van der Waals surface area contributed by atoms with Crippen molar-refractivity contribution in [2.75, 3.05) is 7.11 Å². The van der Waals surface area contributed by atoms with E-state index < -0.39 is 29.4 Å². The standard InChI is InChI=1S/C13H13N5O5/c1-23-11(22)9(20)6-4-2-3-5(8(6)19)7-10(21)18-12(14)16-17-13(18)15-7/h5-6,14,21H,2-4H2,1H3. The zero-order valence-corrected chi connectivity index (χ0v) is 12.1. The maximum atomic E-state index is 12.6. The van der Waals surface area contributed by atoms with Crippen molar-refractivity contribution >= 4 is 29.4 Å². The summed E-state index contributed by atoms with van der Waals surface area (Å²) >= 11 is 0. The summed E-state index contributed by atoms with van der Waals surface area (Å²) in [6.07, 6.45) is 1.16. The molecule has 0 amide bonds. The molecule has 2 aliphatic rings. The molecule has 1 fully saturated rings. The Hall–Kier alpha value is -2.91. The number of rotatable bonds is 3. The van der Waals surface area contributed by atoms with E-state index in [0.29, 0.717) is 12.8 Å². The molecular weight excluding hydrogens is 306 g/mol. The molecule has 10 nitrogen and oxygen atoms in total. The average Bonchev–Trinajstić information content (AvgIpc) is 3.07. The Kier molecular flexibility index (Phi) is 3.51. The van der Waals surface area contributed by atoms with E-state index in [1.807, 2.05) is 0 Å². The first-order valence-electron chi connectivity index (χ1n) is 6.93. The molecule has 2 N–H and O–H groups in total. The molecule has 3 rings (SSSR count). The fraction of sp³-hybridized carbons (Fsp3) is 0.462. The maximum Gasteiger partial charge on any atom is 0.375 e. The summed E-state index contributed by atoms with van der Waals surface area (Å²) < 4.78 is 5.39. The molecule has 2 unspecified atom stereocenters. The summed E-state index contributed by atoms with van der Waals surface area (Å²) in [6.45, 7) is 0. The van der Waals surface area contributed by atoms with E-state index in [-0.39, 0.29) is 29.9 Å². The zero-order valence-electron chi connectivity index (χ0n) is 12.1. The summed E-state index contributed by atoms with van der Waals surface area (Å²) in [5.41, 5.74) is 0.0516. The van der Waals surface area contributed by atoms with Gasteiger partial charge in [0.05, 0.1) is 18.9 Å². The quantitative estimate of drug-likeness (QED) is 0.475. The van der Waals surface area contributed by atoms with E-state index in [0.717, 1.165) is 11.7 Å². The van der Waals surface area contributed by atoms with Crippen molar-refractivity contribution < 1.29 is 24.2 Å². The Morgan fingerprint density at radius 1 is 1.35 bits per heavy atom. The van der Waals surface area contributed by atoms with Crippen LogP contribution >= 0.6 is 0 Å². The summed E-state index contributed by atoms with van der Waals surface area (Å²) in [7, 11) is 1.08. The van der Waals surface area contributed by atoms with Crippen molar-refractivity contribution in [1.29, 1.82) is 5.41 Å². The average molecular weight is 319 g/mol. The summed E-state index contributed by atoms with van der Waals surface area (Å²) in [6, 6.07) is 0. The van der Waals surface area contributed by atoms with Crippen molar-refractivity contribution in [3.8, 4) is 5.88 Å². The van der Waals surface area contributed by atoms with Gasteiger partial charge >= 0.3 is 5.97 Å². The SMILES string of the molecule is COC(=O)C(=O)C1CCCC(c2nc3n(c2O)C(=N)N=N3)C1=O. The molecule has 0 spiro atoms. The third-order valence-corrected chi connectivity index (χ3v) is 4.01. The van der Waals surface area contributed by atoms with Gasteiger partial charge in [-0.2, -0.15) is 0 Å². The predicted octanol–water partition coefficient (Wildman–Crippen LogP) is 0.664. The number of imidazole rings is 1. The van der Waals surface area contributed by atoms with Crippen LogP contribution in [0.1, 0.15) is 30.9 Å². The highest BCUT2D eigenvalue weighted by atomic mass is 16.5. The topological polar surface area (TPSA) is 147 Å². The lowest BCUT2D eigenvalue weighted by Gasteiger charge is -2.25. The molecule has 1 aromatic heterocycles. The molecule has 1 aliphatic heterocycles. The van der Waals surface area contributed by atoms with Crippen LogP contribution in [0, 0.1) is 11.3 Å². The van der Waals surface area contributed by atoms with Crippen molar-refractivity contribution in [2.45, 2.75) is 25.2 Å². The smallest absolute Gasteiger partial charge is 0.375 e. The Labute approximate surface area is 129 Å². The van der Waals surface area contributed by atoms with Crippen LogP contribution in [0.4, 0.5) is 5.95 Å². The molecular formula is C13H13N5O5. The maximum absolute atomic E-state index is 12.6. The van der Waals surface area contributed by atoms with Gasteiger partial charge in [-0.15, -0.1) is 10.2 Å². The van der Waals surface area contributed by atoms with Crippen LogP contribution in [-0.4, -0.2) is 45.3 Å². The van der Waals surface area contributed by atoms with Gasteiger partial charge in [0.1, 0.15) is 5.69 Å². The van der Waals surface area contributed by atoms with Crippen molar-refractivity contribution in [2.24, 2.45) is 16.1 Å². The number of ether oxygens (including phenoxy) is 1. The highest BCUT2D eigenvalue weighted by Crippen LogP contribution is 2.40. The van der Waals surface area contributed by atoms with Gasteiger partial charge in [0.2, 0.25) is 11.7 Å². The third-order valence-electron chi connectivity index (χ3n) is 4.01. The lowest BCUT2D eigenvalue weighted by molar-refractivity contribution is -0.156. The zero-order chi connectivity index (χ0) is 16.7. The number of carbonyl (C=O) groups excluding carboxylic acids is 3. The van der Waals surface area contributed by atoms with Crippen LogP contribution in [0.3, 0.4) is 0 Å². The van der Waals surface area contributed by atoms with Gasteiger partial charge in [-0.3, -0.25) is 15.0 Å². The van der Waals surface area contributed by atoms with Crippen LogP contribution < -0.4 is 0 Å². The van der Waals surface area contributed by atoms with Crippen LogP contribution in [0.2, 0.25) is 0 Å². The number of carbonyl (C=O) groups is 3. The number of esters is 1. The second-order valence-electron chi connectivity index (χ2n) is 5.27. The van der Waals surface area contributed by atoms with Crippen LogP contribution in [0.25, 0.3) is 0 Å². The molecule has 2 heterocycles. The van der Waals surface area contributed by atoms with Crippen LogP contribution in [0.5, 0.6) is 5.88 Å². The Bertz CT molecular complexity index is 765. The molecule has 120 valence electrons. The molecule has 0 radical (unpaired) electrons. The van der Waals surface area contributed by atoms with Crippen LogP contribution in [-0.2, 0) is 19.1 Å². The van der Waals surface area contributed by atoms with Gasteiger partial charge in [0, 0.05) is 0 Å². The minimum atomic E-state index is -1.10. The first-order valence-corrected chi connectivity index (χ1v) is 6.93. The first kappa shape index (κ1) is 15.0. The molecule has 0 aromatic carbocycles. The number of aromatic hydroxyl groups is 1. The summed E-state index contributed by atoms with van der Waals surface area (Å²) in [4.78, 5) is 39.9. The van der Waals surface area contributed by atoms with Gasteiger partial charge in [0.15, 0.2) is 5.78 Å². The number of ketones is 2. The number of hydrogen-bond donors (Lipinski definition) is 2. The van der Waals surface area contributed by atoms with Crippen molar-refractivity contribution in [3.05, 3.63) is 5.69 Å². The molecule has 0 saturated heterocycles. The van der Waals surface area contributed by atoms with Crippen molar-refractivity contribution in [1.82, 2.24) is 9.55 Å². The molecule has 1 aromatic rings. The minimum Gasteiger partial charge on any atom is -0.493 e. The van der Waals surface area contributed by atoms with Crippen LogP contribution in [0.15, 0.2) is 10.2 Å². The number of nitrogens with one attached hydrogen (secondary N) is 1. The normalized spacial score (nSPS) is 23.0. The fourth-order valence-corrected chi connectivity index (χ4v) is 2.88. The van der Waals surface area contributed by atoms with Gasteiger partial charge in [-0.05, 0) is 12.8 Å². The van der Waals surface area contributed by atoms with Gasteiger partial charge in [0.25, 0.3) is 11.9 Å². The Morgan fingerprint density at radius 3 is 2.74 bits per heavy atom. The molecule has 10 heteroatoms. The monoisotopic (exact) mass is 319 g/mol. The fourth-order valence-electron chi connectivity index (χ4n) is 2.88. The van der Waals surface area contributed by atoms with E-state index in [1.165, 1.54) is 0 Å². The minimum absolute atomic E-state index is 0.0108. The number of azo groups is 1. The van der Waals surface area contributed by atoms with E-state index in [4.69, 9.17) is 5.41 Å². The van der Waals surface area contributed by atoms with E-state index in [1.54, 1.807) is 0 Å². The number of hydrogen-bond acceptors (Lipinski definition) is 8. The van der Waals surface area contributed by atoms with E-state index >= 15 is 0 Å². The number of nitrogens with zero attached hydrogens (tertiary/aromatic N) is 4. The molecule has 2 atom stereocenters. The lowest BCUT2D eigenvalue weighted by atomic mass is 9.76. The van der Waals surface area contributed by atoms with Gasteiger partial charge in [-0.1, -0.05) is 6.42 Å².